The Labute approximate surface area is 250 Å². The Morgan fingerprint density at radius 3 is 1.67 bits per heavy atom. The Bertz CT molecular complexity index is 547. The van der Waals surface area contributed by atoms with Crippen molar-refractivity contribution >= 4 is 53.3 Å². The van der Waals surface area contributed by atoms with Gasteiger partial charge in [0, 0.05) is 56.2 Å². The molecule has 1 rings (SSSR count). The minimum atomic E-state index is -4.28. The number of rotatable bonds is 18. The van der Waals surface area contributed by atoms with Crippen LogP contribution in [0.3, 0.4) is 0 Å². The van der Waals surface area contributed by atoms with Gasteiger partial charge in [-0.25, -0.2) is 8.42 Å². The van der Waals surface area contributed by atoms with Crippen molar-refractivity contribution in [1.82, 2.24) is 4.90 Å². The van der Waals surface area contributed by atoms with Crippen LogP contribution in [0.25, 0.3) is 0 Å². The molecule has 0 heterocycles. The van der Waals surface area contributed by atoms with E-state index >= 15 is 0 Å². The second-order valence-electron chi connectivity index (χ2n) is 9.13. The molecule has 1 aliphatic rings. The molecule has 1 aliphatic carbocycles. The van der Waals surface area contributed by atoms with E-state index in [1.807, 2.05) is 0 Å². The van der Waals surface area contributed by atoms with Gasteiger partial charge in [0.1, 0.15) is 0 Å². The van der Waals surface area contributed by atoms with Crippen LogP contribution in [-0.2, 0) is 14.9 Å². The van der Waals surface area contributed by atoms with E-state index in [0.29, 0.717) is 6.42 Å². The maximum absolute atomic E-state index is 12.7. The molecule has 0 aromatic carbocycles. The molecule has 0 N–H and O–H groups in total. The van der Waals surface area contributed by atoms with Gasteiger partial charge in [0.05, 0.1) is 15.9 Å². The molecule has 9 heteroatoms. The van der Waals surface area contributed by atoms with E-state index in [1.54, 1.807) is 4.90 Å². The predicted octanol–water partition coefficient (Wildman–Crippen LogP) is 4.95. The second kappa shape index (κ2) is 25.5. The third kappa shape index (κ3) is 22.7. The predicted molar refractivity (Wildman–Crippen MR) is 152 cm³/mol. The summed E-state index contributed by atoms with van der Waals surface area (Å²) in [7, 11) is -4.28. The van der Waals surface area contributed by atoms with Crippen LogP contribution in [-0.4, -0.2) is 42.1 Å². The van der Waals surface area contributed by atoms with E-state index in [9.17, 15) is 17.8 Å². The molecule has 1 amide bonds. The zero-order chi connectivity index (χ0) is 24.1. The molecule has 0 aliphatic heterocycles. The van der Waals surface area contributed by atoms with Crippen molar-refractivity contribution in [2.75, 3.05) is 12.3 Å². The van der Waals surface area contributed by atoms with Crippen molar-refractivity contribution in [2.45, 2.75) is 135 Å². The maximum atomic E-state index is 12.7. The van der Waals surface area contributed by atoms with Gasteiger partial charge in [0.2, 0.25) is 5.91 Å². The maximum Gasteiger partial charge on any atom is 1.00 e. The average molecular weight is 722 g/mol. The Balaban J connectivity index is 0. The summed E-state index contributed by atoms with van der Waals surface area (Å²) in [5.74, 6) is -0.429. The topological polar surface area (TPSA) is 77.5 Å². The van der Waals surface area contributed by atoms with Crippen LogP contribution in [0.5, 0.6) is 0 Å². The first-order valence-corrected chi connectivity index (χ1v) is 20.7. The first kappa shape index (κ1) is 37.0. The van der Waals surface area contributed by atoms with Crippen molar-refractivity contribution < 1.29 is 47.3 Å². The number of nitrogens with zero attached hydrogens (tertiary/aromatic N) is 1. The summed E-state index contributed by atoms with van der Waals surface area (Å²) in [5, 5.41) is 0. The molecule has 0 unspecified atom stereocenters. The number of hydrogen-bond acceptors (Lipinski definition) is 4. The monoisotopic (exact) mass is 721 g/mol. The van der Waals surface area contributed by atoms with Crippen molar-refractivity contribution in [3.63, 3.8) is 0 Å². The summed E-state index contributed by atoms with van der Waals surface area (Å²) >= 11 is 4.24. The smallest absolute Gasteiger partial charge is 0.748 e. The largest absolute Gasteiger partial charge is 1.00 e. The summed E-state index contributed by atoms with van der Waals surface area (Å²) in [5.41, 5.74) is 0. The fraction of sp³-hybridized carbons (Fsp3) is 0.958. The average Bonchev–Trinajstić information content (AvgIpc) is 2.78. The number of amides is 1. The van der Waals surface area contributed by atoms with Crippen molar-refractivity contribution in [3.05, 3.63) is 0 Å². The van der Waals surface area contributed by atoms with Gasteiger partial charge in [0.15, 0.2) is 0 Å². The van der Waals surface area contributed by atoms with Crippen molar-refractivity contribution in [1.29, 1.82) is 0 Å². The van der Waals surface area contributed by atoms with Crippen LogP contribution in [0, 0.1) is 0 Å². The molecule has 0 aromatic heterocycles. The van der Waals surface area contributed by atoms with Crippen LogP contribution in [0.4, 0.5) is 0 Å². The van der Waals surface area contributed by atoms with Crippen LogP contribution < -0.4 is 29.6 Å². The van der Waals surface area contributed by atoms with Crippen LogP contribution in [0.1, 0.15) is 129 Å². The van der Waals surface area contributed by atoms with Crippen LogP contribution >= 0.6 is 37.2 Å². The van der Waals surface area contributed by atoms with E-state index in [-0.39, 0.29) is 48.1 Å². The van der Waals surface area contributed by atoms with Crippen LogP contribution in [0.15, 0.2) is 0 Å². The Morgan fingerprint density at radius 1 is 0.818 bits per heavy atom. The number of halogens is 2. The van der Waals surface area contributed by atoms with Crippen molar-refractivity contribution in [2.24, 2.45) is 0 Å². The molecule has 1 saturated carbocycles. The Kier molecular flexibility index (Phi) is 28.6. The first-order valence-electron chi connectivity index (χ1n) is 12.8. The van der Waals surface area contributed by atoms with E-state index in [0.717, 1.165) is 38.5 Å². The Morgan fingerprint density at radius 2 is 1.24 bits per heavy atom. The standard InChI is InChI=1S/C24H47NO4S.I2.Na/c1-2-3-4-5-6-7-8-9-10-11-12-13-17-20-24(26)25(21-22-30(27,28)29)23-18-15-14-16-19-23;1-2;/h23H,2-22H2,1H3,(H,27,28,29);;/q;;+1/p-1. The minimum Gasteiger partial charge on any atom is -0.748 e. The fourth-order valence-corrected chi connectivity index (χ4v) is 4.97. The minimum absolute atomic E-state index is 0. The van der Waals surface area contributed by atoms with Gasteiger partial charge in [-0.3, -0.25) is 4.79 Å². The van der Waals surface area contributed by atoms with Crippen molar-refractivity contribution in [3.8, 4) is 0 Å². The molecule has 0 aromatic rings. The molecule has 5 nitrogen and oxygen atoms in total. The van der Waals surface area contributed by atoms with Gasteiger partial charge in [-0.1, -0.05) is 103 Å². The fourth-order valence-electron chi connectivity index (χ4n) is 4.55. The van der Waals surface area contributed by atoms with E-state index in [2.05, 4.69) is 44.2 Å². The SMILES string of the molecule is CCCCCCCCCCCCCCCC(=O)N(CCS(=O)(=O)[O-])C1CCCCC1.II.[Na+]. The molecule has 192 valence electrons. The van der Waals surface area contributed by atoms with Crippen LogP contribution in [0.2, 0.25) is 0 Å². The van der Waals surface area contributed by atoms with E-state index in [4.69, 9.17) is 0 Å². The molecule has 0 bridgehead atoms. The zero-order valence-corrected chi connectivity index (χ0v) is 28.3. The molecular formula is C24H46I2NNaO4S. The molecule has 0 saturated heterocycles. The number of carbonyl (C=O) groups is 1. The summed E-state index contributed by atoms with van der Waals surface area (Å²) in [6, 6.07) is 0.120. The molecule has 0 radical (unpaired) electrons. The quantitative estimate of drug-likeness (QED) is 0.0870. The van der Waals surface area contributed by atoms with Gasteiger partial charge >= 0.3 is 29.6 Å². The normalized spacial score (nSPS) is 14.2. The number of hydrogen-bond donors (Lipinski definition) is 0. The van der Waals surface area contributed by atoms with Gasteiger partial charge in [-0.2, -0.15) is 0 Å². The summed E-state index contributed by atoms with van der Waals surface area (Å²) < 4.78 is 33.1. The Hall–Kier alpha value is 1.84. The summed E-state index contributed by atoms with van der Waals surface area (Å²) in [4.78, 5) is 14.4. The van der Waals surface area contributed by atoms with E-state index in [1.165, 1.54) is 77.0 Å². The molecule has 33 heavy (non-hydrogen) atoms. The van der Waals surface area contributed by atoms with E-state index < -0.39 is 15.9 Å². The zero-order valence-electron chi connectivity index (χ0n) is 21.2. The third-order valence-corrected chi connectivity index (χ3v) is 7.09. The summed E-state index contributed by atoms with van der Waals surface area (Å²) in [6.07, 6.45) is 22.2. The van der Waals surface area contributed by atoms with Gasteiger partial charge in [0.25, 0.3) is 0 Å². The molecule has 1 fully saturated rings. The number of carbonyl (C=O) groups excluding carboxylic acids is 1. The number of unbranched alkanes of at least 4 members (excludes halogenated alkanes) is 12. The molecular weight excluding hydrogens is 675 g/mol. The molecule has 0 spiro atoms. The third-order valence-electron chi connectivity index (χ3n) is 6.41. The second-order valence-corrected chi connectivity index (χ2v) is 10.7. The van der Waals surface area contributed by atoms with Gasteiger partial charge < -0.3 is 9.45 Å². The first-order chi connectivity index (χ1) is 15.4. The van der Waals surface area contributed by atoms with Gasteiger partial charge in [-0.15, -0.1) is 0 Å². The van der Waals surface area contributed by atoms with Gasteiger partial charge in [-0.05, 0) is 19.3 Å². The molecule has 0 atom stereocenters. The summed E-state index contributed by atoms with van der Waals surface area (Å²) in [6.45, 7) is 2.32.